The van der Waals surface area contributed by atoms with Gasteiger partial charge in [0, 0.05) is 17.3 Å². The summed E-state index contributed by atoms with van der Waals surface area (Å²) in [6, 6.07) is 11.6. The van der Waals surface area contributed by atoms with Crippen molar-refractivity contribution in [3.63, 3.8) is 0 Å². The number of nitrogens with zero attached hydrogens (tertiary/aromatic N) is 1. The Balaban J connectivity index is 2.21. The van der Waals surface area contributed by atoms with E-state index in [4.69, 9.17) is 0 Å². The van der Waals surface area contributed by atoms with Crippen molar-refractivity contribution in [2.24, 2.45) is 0 Å². The minimum Gasteiger partial charge on any atom is -0.337 e. The second kappa shape index (κ2) is 4.99. The summed E-state index contributed by atoms with van der Waals surface area (Å²) in [6.07, 6.45) is 0.934. The number of anilines is 2. The maximum atomic E-state index is 13.8. The molecular weight excluding hydrogens is 265 g/mol. The van der Waals surface area contributed by atoms with E-state index in [2.05, 4.69) is 24.0 Å². The fourth-order valence-corrected chi connectivity index (χ4v) is 3.08. The molecule has 0 bridgehead atoms. The number of ketones is 1. The molecule has 0 aromatic heterocycles. The van der Waals surface area contributed by atoms with Crippen LogP contribution in [0.5, 0.6) is 0 Å². The molecule has 2 aromatic rings. The van der Waals surface area contributed by atoms with Gasteiger partial charge in [-0.3, -0.25) is 4.79 Å². The molecule has 1 aliphatic heterocycles. The van der Waals surface area contributed by atoms with E-state index < -0.39 is 0 Å². The summed E-state index contributed by atoms with van der Waals surface area (Å²) in [5.41, 5.74) is 4.19. The van der Waals surface area contributed by atoms with E-state index in [0.29, 0.717) is 11.1 Å². The van der Waals surface area contributed by atoms with Gasteiger partial charge in [-0.25, -0.2) is 4.39 Å². The van der Waals surface area contributed by atoms with Crippen molar-refractivity contribution < 1.29 is 9.18 Å². The zero-order valence-corrected chi connectivity index (χ0v) is 12.5. The van der Waals surface area contributed by atoms with Gasteiger partial charge in [-0.15, -0.1) is 0 Å². The van der Waals surface area contributed by atoms with Crippen LogP contribution in [0.1, 0.15) is 35.3 Å². The number of carbonyl (C=O) groups is 1. The number of benzene rings is 2. The molecule has 1 unspecified atom stereocenters. The number of hydrogen-bond acceptors (Lipinski definition) is 2. The molecule has 21 heavy (non-hydrogen) atoms. The van der Waals surface area contributed by atoms with Crippen LogP contribution in [0, 0.1) is 12.7 Å². The first-order valence-corrected chi connectivity index (χ1v) is 7.17. The summed E-state index contributed by atoms with van der Waals surface area (Å²) >= 11 is 0. The van der Waals surface area contributed by atoms with Crippen molar-refractivity contribution in [3.05, 3.63) is 58.9 Å². The largest absolute Gasteiger partial charge is 0.337 e. The Hall–Kier alpha value is -2.16. The van der Waals surface area contributed by atoms with Crippen LogP contribution in [0.2, 0.25) is 0 Å². The third-order valence-electron chi connectivity index (χ3n) is 4.12. The zero-order valence-electron chi connectivity index (χ0n) is 12.5. The van der Waals surface area contributed by atoms with E-state index in [9.17, 15) is 9.18 Å². The van der Waals surface area contributed by atoms with E-state index in [1.165, 1.54) is 18.6 Å². The van der Waals surface area contributed by atoms with Gasteiger partial charge in [0.2, 0.25) is 0 Å². The van der Waals surface area contributed by atoms with Gasteiger partial charge < -0.3 is 4.90 Å². The summed E-state index contributed by atoms with van der Waals surface area (Å²) < 4.78 is 13.8. The second-order valence-electron chi connectivity index (χ2n) is 5.73. The van der Waals surface area contributed by atoms with E-state index in [0.717, 1.165) is 17.8 Å². The Labute approximate surface area is 124 Å². The van der Waals surface area contributed by atoms with Gasteiger partial charge >= 0.3 is 0 Å². The van der Waals surface area contributed by atoms with Crippen LogP contribution in [0.3, 0.4) is 0 Å². The Morgan fingerprint density at radius 2 is 1.95 bits per heavy atom. The fraction of sp³-hybridized carbons (Fsp3) is 0.278. The summed E-state index contributed by atoms with van der Waals surface area (Å²) in [4.78, 5) is 14.1. The molecule has 0 aliphatic carbocycles. The smallest absolute Gasteiger partial charge is 0.162 e. The van der Waals surface area contributed by atoms with Crippen molar-refractivity contribution in [1.82, 2.24) is 0 Å². The molecule has 2 aromatic carbocycles. The minimum atomic E-state index is -0.330. The van der Waals surface area contributed by atoms with Crippen LogP contribution in [-0.2, 0) is 6.42 Å². The molecule has 0 saturated heterocycles. The lowest BCUT2D eigenvalue weighted by Crippen LogP contribution is -2.25. The first-order chi connectivity index (χ1) is 9.99. The molecule has 1 heterocycles. The summed E-state index contributed by atoms with van der Waals surface area (Å²) in [6.45, 7) is 5.35. The number of fused-ring (bicyclic) bond motifs is 1. The molecule has 0 N–H and O–H groups in total. The van der Waals surface area contributed by atoms with Gasteiger partial charge in [-0.05, 0) is 56.5 Å². The first kappa shape index (κ1) is 13.8. The molecule has 0 fully saturated rings. The Bertz CT molecular complexity index is 723. The van der Waals surface area contributed by atoms with E-state index in [-0.39, 0.29) is 17.6 Å². The number of aryl methyl sites for hydroxylation is 1. The van der Waals surface area contributed by atoms with Crippen LogP contribution in [0.15, 0.2) is 36.4 Å². The molecule has 3 heteroatoms. The molecule has 2 nitrogen and oxygen atoms in total. The van der Waals surface area contributed by atoms with Crippen molar-refractivity contribution in [1.29, 1.82) is 0 Å². The van der Waals surface area contributed by atoms with Crippen LogP contribution in [0.4, 0.5) is 15.8 Å². The van der Waals surface area contributed by atoms with Crippen molar-refractivity contribution in [2.45, 2.75) is 33.2 Å². The SMILES string of the molecule is CC(=O)c1cc(F)c(C)cc1N1c2ccccc2CC1C. The number of para-hydroxylation sites is 1. The highest BCUT2D eigenvalue weighted by molar-refractivity contribution is 6.01. The minimum absolute atomic E-state index is 0.111. The standard InChI is InChI=1S/C18H18FNO/c1-11-8-18(15(13(3)21)10-16(11)19)20-12(2)9-14-6-4-5-7-17(14)20/h4-8,10,12H,9H2,1-3H3. The Morgan fingerprint density at radius 1 is 1.24 bits per heavy atom. The van der Waals surface area contributed by atoms with Crippen LogP contribution in [0.25, 0.3) is 0 Å². The van der Waals surface area contributed by atoms with Crippen LogP contribution < -0.4 is 4.90 Å². The molecule has 1 aliphatic rings. The maximum absolute atomic E-state index is 13.8. The zero-order chi connectivity index (χ0) is 15.1. The molecular formula is C18H18FNO. The lowest BCUT2D eigenvalue weighted by Gasteiger charge is -2.27. The number of halogens is 1. The number of Topliss-reactive ketones (excluding diaryl/α,β-unsaturated/α-hetero) is 1. The Kier molecular flexibility index (Phi) is 3.28. The summed E-state index contributed by atoms with van der Waals surface area (Å²) in [7, 11) is 0. The lowest BCUT2D eigenvalue weighted by atomic mass is 10.0. The van der Waals surface area contributed by atoms with Gasteiger partial charge in [0.05, 0.1) is 5.69 Å². The van der Waals surface area contributed by atoms with Gasteiger partial charge in [-0.2, -0.15) is 0 Å². The predicted octanol–water partition coefficient (Wildman–Crippen LogP) is 4.42. The molecule has 3 rings (SSSR count). The number of carbonyl (C=O) groups excluding carboxylic acids is 1. The van der Waals surface area contributed by atoms with Crippen molar-refractivity contribution >= 4 is 17.2 Å². The molecule has 108 valence electrons. The maximum Gasteiger partial charge on any atom is 0.162 e. The summed E-state index contributed by atoms with van der Waals surface area (Å²) in [5, 5.41) is 0. The van der Waals surface area contributed by atoms with E-state index in [1.54, 1.807) is 13.0 Å². The monoisotopic (exact) mass is 283 g/mol. The van der Waals surface area contributed by atoms with Crippen LogP contribution in [-0.4, -0.2) is 11.8 Å². The predicted molar refractivity (Wildman–Crippen MR) is 82.9 cm³/mol. The third-order valence-corrected chi connectivity index (χ3v) is 4.12. The van der Waals surface area contributed by atoms with Crippen molar-refractivity contribution in [3.8, 4) is 0 Å². The highest BCUT2D eigenvalue weighted by Gasteiger charge is 2.29. The fourth-order valence-electron chi connectivity index (χ4n) is 3.08. The average Bonchev–Trinajstić information content (AvgIpc) is 2.77. The second-order valence-corrected chi connectivity index (χ2v) is 5.73. The topological polar surface area (TPSA) is 20.3 Å². The third kappa shape index (κ3) is 2.23. The highest BCUT2D eigenvalue weighted by Crippen LogP contribution is 2.40. The number of hydrogen-bond donors (Lipinski definition) is 0. The molecule has 0 saturated carbocycles. The first-order valence-electron chi connectivity index (χ1n) is 7.17. The normalized spacial score (nSPS) is 17.0. The molecule has 0 radical (unpaired) electrons. The molecule has 0 spiro atoms. The molecule has 0 amide bonds. The van der Waals surface area contributed by atoms with Gasteiger partial charge in [0.15, 0.2) is 5.78 Å². The average molecular weight is 283 g/mol. The quantitative estimate of drug-likeness (QED) is 0.760. The van der Waals surface area contributed by atoms with Gasteiger partial charge in [-0.1, -0.05) is 18.2 Å². The van der Waals surface area contributed by atoms with E-state index in [1.807, 2.05) is 12.1 Å². The Morgan fingerprint density at radius 3 is 2.67 bits per heavy atom. The highest BCUT2D eigenvalue weighted by atomic mass is 19.1. The van der Waals surface area contributed by atoms with Crippen LogP contribution >= 0.6 is 0 Å². The van der Waals surface area contributed by atoms with Gasteiger partial charge in [0.1, 0.15) is 5.82 Å². The number of rotatable bonds is 2. The van der Waals surface area contributed by atoms with E-state index >= 15 is 0 Å². The van der Waals surface area contributed by atoms with Crippen molar-refractivity contribution in [2.75, 3.05) is 4.90 Å². The van der Waals surface area contributed by atoms with Gasteiger partial charge in [0.25, 0.3) is 0 Å². The lowest BCUT2D eigenvalue weighted by molar-refractivity contribution is 0.101. The molecule has 1 atom stereocenters. The summed E-state index contributed by atoms with van der Waals surface area (Å²) in [5.74, 6) is -0.440.